The fourth-order valence-corrected chi connectivity index (χ4v) is 4.11. The van der Waals surface area contributed by atoms with E-state index in [0.29, 0.717) is 39.9 Å². The molecule has 0 fully saturated rings. The normalized spacial score (nSPS) is 12.5. The van der Waals surface area contributed by atoms with Gasteiger partial charge in [0, 0.05) is 5.56 Å². The molecule has 0 spiro atoms. The Labute approximate surface area is 204 Å². The number of ether oxygens (including phenoxy) is 6. The molecule has 0 saturated heterocycles. The molecule has 0 aromatic heterocycles. The average Bonchev–Trinajstić information content (AvgIpc) is 3.30. The van der Waals surface area contributed by atoms with Gasteiger partial charge in [0.15, 0.2) is 23.0 Å². The number of hydrogen-bond acceptors (Lipinski definition) is 8. The van der Waals surface area contributed by atoms with Gasteiger partial charge in [-0.05, 0) is 78.6 Å². The Morgan fingerprint density at radius 3 is 2.11 bits per heavy atom. The number of esters is 1. The van der Waals surface area contributed by atoms with E-state index in [1.807, 2.05) is 30.3 Å². The molecule has 35 heavy (non-hydrogen) atoms. The van der Waals surface area contributed by atoms with E-state index in [9.17, 15) is 9.90 Å². The van der Waals surface area contributed by atoms with Crippen molar-refractivity contribution in [1.29, 1.82) is 0 Å². The number of carbonyl (C=O) groups is 1. The Kier molecular flexibility index (Phi) is 6.67. The molecule has 186 valence electrons. The molecule has 1 heterocycles. The molecule has 1 aliphatic rings. The van der Waals surface area contributed by atoms with Gasteiger partial charge in [-0.3, -0.25) is 4.79 Å². The van der Waals surface area contributed by atoms with Crippen LogP contribution in [0.25, 0.3) is 21.9 Å². The van der Waals surface area contributed by atoms with E-state index in [1.165, 1.54) is 0 Å². The van der Waals surface area contributed by atoms with Crippen molar-refractivity contribution in [2.24, 2.45) is 5.41 Å². The monoisotopic (exact) mass is 482 g/mol. The van der Waals surface area contributed by atoms with Crippen LogP contribution in [-0.2, 0) is 22.7 Å². The Morgan fingerprint density at radius 2 is 1.57 bits per heavy atom. The molecular weight excluding hydrogens is 452 g/mol. The molecule has 1 N–H and O–H groups in total. The van der Waals surface area contributed by atoms with Gasteiger partial charge in [0.05, 0.1) is 33.4 Å². The molecule has 3 aromatic carbocycles. The second kappa shape index (κ2) is 9.54. The number of methoxy groups -OCH3 is 3. The summed E-state index contributed by atoms with van der Waals surface area (Å²) in [5.41, 5.74) is 2.12. The summed E-state index contributed by atoms with van der Waals surface area (Å²) in [6.07, 6.45) is 0. The van der Waals surface area contributed by atoms with Crippen LogP contribution in [0.5, 0.6) is 28.7 Å². The Bertz CT molecular complexity index is 1250. The Hall–Kier alpha value is -3.65. The smallest absolute Gasteiger partial charge is 0.311 e. The van der Waals surface area contributed by atoms with E-state index < -0.39 is 5.41 Å². The van der Waals surface area contributed by atoms with Crippen LogP contribution in [-0.4, -0.2) is 39.2 Å². The van der Waals surface area contributed by atoms with Gasteiger partial charge in [-0.25, -0.2) is 0 Å². The van der Waals surface area contributed by atoms with Crippen LogP contribution in [0.3, 0.4) is 0 Å². The van der Waals surface area contributed by atoms with Crippen molar-refractivity contribution < 1.29 is 38.3 Å². The molecule has 0 radical (unpaired) electrons. The minimum Gasteiger partial charge on any atom is -0.493 e. The molecular formula is C27H30O8. The van der Waals surface area contributed by atoms with Crippen molar-refractivity contribution >= 4 is 16.7 Å². The van der Waals surface area contributed by atoms with Crippen molar-refractivity contribution in [3.63, 3.8) is 0 Å². The highest BCUT2D eigenvalue weighted by Crippen LogP contribution is 2.46. The lowest BCUT2D eigenvalue weighted by molar-refractivity contribution is -0.154. The highest BCUT2D eigenvalue weighted by molar-refractivity contribution is 6.01. The number of carbonyl (C=O) groups excluding carboxylic acids is 1. The van der Waals surface area contributed by atoms with Crippen LogP contribution in [0, 0.1) is 5.41 Å². The zero-order valence-corrected chi connectivity index (χ0v) is 20.8. The van der Waals surface area contributed by atoms with E-state index in [4.69, 9.17) is 28.4 Å². The van der Waals surface area contributed by atoms with Crippen LogP contribution in [0.4, 0.5) is 0 Å². The van der Waals surface area contributed by atoms with Crippen LogP contribution >= 0.6 is 0 Å². The van der Waals surface area contributed by atoms with Gasteiger partial charge in [-0.15, -0.1) is 0 Å². The number of aliphatic hydroxyl groups is 1. The van der Waals surface area contributed by atoms with Gasteiger partial charge < -0.3 is 33.5 Å². The Morgan fingerprint density at radius 1 is 0.943 bits per heavy atom. The van der Waals surface area contributed by atoms with Crippen LogP contribution in [0.2, 0.25) is 0 Å². The van der Waals surface area contributed by atoms with E-state index in [1.54, 1.807) is 42.1 Å². The third-order valence-electron chi connectivity index (χ3n) is 5.92. The molecule has 8 nitrogen and oxygen atoms in total. The predicted molar refractivity (Wildman–Crippen MR) is 130 cm³/mol. The average molecular weight is 483 g/mol. The zero-order chi connectivity index (χ0) is 25.3. The maximum absolute atomic E-state index is 12.6. The first-order valence-corrected chi connectivity index (χ1v) is 11.2. The van der Waals surface area contributed by atoms with Crippen molar-refractivity contribution in [2.75, 3.05) is 28.1 Å². The summed E-state index contributed by atoms with van der Waals surface area (Å²) < 4.78 is 33.6. The molecule has 3 aromatic rings. The van der Waals surface area contributed by atoms with Gasteiger partial charge >= 0.3 is 5.97 Å². The first-order chi connectivity index (χ1) is 16.7. The molecule has 0 amide bonds. The zero-order valence-electron chi connectivity index (χ0n) is 20.8. The van der Waals surface area contributed by atoms with Crippen molar-refractivity contribution in [1.82, 2.24) is 0 Å². The highest BCUT2D eigenvalue weighted by Gasteiger charge is 2.26. The van der Waals surface area contributed by atoms with Crippen LogP contribution in [0.1, 0.15) is 31.9 Å². The van der Waals surface area contributed by atoms with Crippen molar-refractivity contribution in [3.8, 4) is 39.9 Å². The second-order valence-corrected chi connectivity index (χ2v) is 9.21. The lowest BCUT2D eigenvalue weighted by Gasteiger charge is -2.22. The quantitative estimate of drug-likeness (QED) is 0.478. The number of benzene rings is 3. The lowest BCUT2D eigenvalue weighted by atomic mass is 9.89. The first kappa shape index (κ1) is 24.5. The molecule has 0 atom stereocenters. The van der Waals surface area contributed by atoms with Crippen molar-refractivity contribution in [2.45, 2.75) is 34.0 Å². The largest absolute Gasteiger partial charge is 0.493 e. The summed E-state index contributed by atoms with van der Waals surface area (Å²) in [5.74, 6) is 2.30. The van der Waals surface area contributed by atoms with Gasteiger partial charge in [0.1, 0.15) is 6.61 Å². The summed E-state index contributed by atoms with van der Waals surface area (Å²) in [4.78, 5) is 12.6. The third kappa shape index (κ3) is 4.53. The standard InChI is InChI=1S/C27H30O8/c1-27(2,3)26(29)33-13-19-17(12-28)7-15-8-20-21(35-14-34-20)11-18(15)24(19)16-9-22(30-4)25(32-6)23(10-16)31-5/h7-11,28H,12-14H2,1-6H3. The maximum atomic E-state index is 12.6. The summed E-state index contributed by atoms with van der Waals surface area (Å²) in [6.45, 7) is 5.25. The van der Waals surface area contributed by atoms with Crippen molar-refractivity contribution in [3.05, 3.63) is 41.5 Å². The molecule has 1 aliphatic heterocycles. The first-order valence-electron chi connectivity index (χ1n) is 11.2. The Balaban J connectivity index is 2.01. The van der Waals surface area contributed by atoms with Gasteiger partial charge in [-0.1, -0.05) is 0 Å². The van der Waals surface area contributed by atoms with Gasteiger partial charge in [0.25, 0.3) is 0 Å². The molecule has 4 rings (SSSR count). The molecule has 0 saturated carbocycles. The number of aliphatic hydroxyl groups excluding tert-OH is 1. The van der Waals surface area contributed by atoms with Crippen LogP contribution < -0.4 is 23.7 Å². The van der Waals surface area contributed by atoms with E-state index in [-0.39, 0.29) is 26.0 Å². The number of rotatable bonds is 7. The lowest BCUT2D eigenvalue weighted by Crippen LogP contribution is -2.23. The van der Waals surface area contributed by atoms with Gasteiger partial charge in [0.2, 0.25) is 12.5 Å². The number of hydrogen-bond donors (Lipinski definition) is 1. The molecule has 0 unspecified atom stereocenters. The molecule has 0 bridgehead atoms. The predicted octanol–water partition coefficient (Wildman–Crippen LogP) is 4.84. The second-order valence-electron chi connectivity index (χ2n) is 9.21. The molecule has 0 aliphatic carbocycles. The summed E-state index contributed by atoms with van der Waals surface area (Å²) in [7, 11) is 4.64. The minimum atomic E-state index is -0.672. The summed E-state index contributed by atoms with van der Waals surface area (Å²) in [6, 6.07) is 9.31. The highest BCUT2D eigenvalue weighted by atomic mass is 16.7. The van der Waals surface area contributed by atoms with E-state index in [0.717, 1.165) is 21.9 Å². The summed E-state index contributed by atoms with van der Waals surface area (Å²) in [5, 5.41) is 12.0. The topological polar surface area (TPSA) is 92.7 Å². The third-order valence-corrected chi connectivity index (χ3v) is 5.92. The summed E-state index contributed by atoms with van der Waals surface area (Å²) >= 11 is 0. The molecule has 8 heteroatoms. The maximum Gasteiger partial charge on any atom is 0.311 e. The minimum absolute atomic E-state index is 0.0254. The fraction of sp³-hybridized carbons (Fsp3) is 0.370. The van der Waals surface area contributed by atoms with E-state index in [2.05, 4.69) is 0 Å². The fourth-order valence-electron chi connectivity index (χ4n) is 4.11. The van der Waals surface area contributed by atoms with E-state index >= 15 is 0 Å². The van der Waals surface area contributed by atoms with Gasteiger partial charge in [-0.2, -0.15) is 0 Å². The SMILES string of the molecule is COc1cc(-c2c(COC(=O)C(C)(C)C)c(CO)cc3cc4c(cc23)OCO4)cc(OC)c1OC. The van der Waals surface area contributed by atoms with Crippen LogP contribution in [0.15, 0.2) is 30.3 Å². The number of fused-ring (bicyclic) bond motifs is 2.